The highest BCUT2D eigenvalue weighted by atomic mass is 15.2. The monoisotopic (exact) mass is 281 g/mol. The van der Waals surface area contributed by atoms with Crippen molar-refractivity contribution in [1.29, 1.82) is 0 Å². The fourth-order valence-corrected chi connectivity index (χ4v) is 4.07. The fraction of sp³-hybridized carbons (Fsp3) is 1.00. The van der Waals surface area contributed by atoms with Crippen LogP contribution in [0.25, 0.3) is 0 Å². The van der Waals surface area contributed by atoms with E-state index in [4.69, 9.17) is 0 Å². The molecule has 1 aliphatic carbocycles. The van der Waals surface area contributed by atoms with Gasteiger partial charge < -0.3 is 10.2 Å². The van der Waals surface area contributed by atoms with Crippen LogP contribution in [0.1, 0.15) is 58.8 Å². The molecule has 1 atom stereocenters. The number of hydrogen-bond acceptors (Lipinski definition) is 3. The maximum atomic E-state index is 3.71. The van der Waals surface area contributed by atoms with Crippen LogP contribution in [0.3, 0.4) is 0 Å². The summed E-state index contributed by atoms with van der Waals surface area (Å²) in [5.74, 6) is 0. The van der Waals surface area contributed by atoms with Gasteiger partial charge in [0.05, 0.1) is 0 Å². The first kappa shape index (κ1) is 16.3. The Kier molecular flexibility index (Phi) is 6.79. The van der Waals surface area contributed by atoms with Crippen LogP contribution in [0, 0.1) is 0 Å². The van der Waals surface area contributed by atoms with Gasteiger partial charge in [0.1, 0.15) is 0 Å². The molecule has 0 amide bonds. The molecule has 2 aliphatic rings. The minimum atomic E-state index is 0.785. The normalized spacial score (nSPS) is 34.0. The molecule has 1 unspecified atom stereocenters. The first-order chi connectivity index (χ1) is 9.74. The lowest BCUT2D eigenvalue weighted by molar-refractivity contribution is 0.0937. The van der Waals surface area contributed by atoms with Gasteiger partial charge in [-0.15, -0.1) is 0 Å². The number of rotatable bonds is 5. The molecule has 0 aromatic carbocycles. The zero-order valence-corrected chi connectivity index (χ0v) is 13.9. The maximum absolute atomic E-state index is 3.71. The summed E-state index contributed by atoms with van der Waals surface area (Å²) >= 11 is 0. The number of likely N-dealkylation sites (N-methyl/N-ethyl adjacent to an activating group) is 1. The fourth-order valence-electron chi connectivity index (χ4n) is 4.07. The molecule has 20 heavy (non-hydrogen) atoms. The highest BCUT2D eigenvalue weighted by molar-refractivity contribution is 4.88. The molecule has 0 radical (unpaired) electrons. The SMILES string of the molecule is CCCNC1CCC(N2CCCN(C)CC2CC)CC1. The van der Waals surface area contributed by atoms with Crippen molar-refractivity contribution in [2.24, 2.45) is 0 Å². The van der Waals surface area contributed by atoms with Gasteiger partial charge >= 0.3 is 0 Å². The molecule has 0 aromatic heterocycles. The third-order valence-corrected chi connectivity index (χ3v) is 5.27. The predicted octanol–water partition coefficient (Wildman–Crippen LogP) is 2.71. The topological polar surface area (TPSA) is 18.5 Å². The van der Waals surface area contributed by atoms with Gasteiger partial charge in [0.15, 0.2) is 0 Å². The molecular formula is C17H35N3. The molecule has 3 nitrogen and oxygen atoms in total. The molecule has 1 aliphatic heterocycles. The van der Waals surface area contributed by atoms with Crippen LogP contribution in [-0.2, 0) is 0 Å². The second kappa shape index (κ2) is 8.35. The highest BCUT2D eigenvalue weighted by Crippen LogP contribution is 2.27. The van der Waals surface area contributed by atoms with Crippen molar-refractivity contribution in [3.05, 3.63) is 0 Å². The molecule has 1 saturated carbocycles. The van der Waals surface area contributed by atoms with E-state index in [1.165, 1.54) is 71.1 Å². The average Bonchev–Trinajstić information content (AvgIpc) is 2.67. The van der Waals surface area contributed by atoms with E-state index in [0.29, 0.717) is 0 Å². The van der Waals surface area contributed by atoms with Crippen LogP contribution in [-0.4, -0.2) is 61.2 Å². The minimum Gasteiger partial charge on any atom is -0.314 e. The van der Waals surface area contributed by atoms with Gasteiger partial charge in [0.2, 0.25) is 0 Å². The largest absolute Gasteiger partial charge is 0.314 e. The lowest BCUT2D eigenvalue weighted by Crippen LogP contribution is -2.48. The van der Waals surface area contributed by atoms with Gasteiger partial charge in [-0.1, -0.05) is 13.8 Å². The van der Waals surface area contributed by atoms with Gasteiger partial charge in [0, 0.05) is 24.7 Å². The minimum absolute atomic E-state index is 0.785. The van der Waals surface area contributed by atoms with Crippen molar-refractivity contribution in [1.82, 2.24) is 15.1 Å². The second-order valence-corrected chi connectivity index (χ2v) is 6.88. The third kappa shape index (κ3) is 4.44. The van der Waals surface area contributed by atoms with E-state index in [9.17, 15) is 0 Å². The zero-order chi connectivity index (χ0) is 14.4. The molecule has 0 bridgehead atoms. The molecule has 1 heterocycles. The van der Waals surface area contributed by atoms with E-state index in [-0.39, 0.29) is 0 Å². The van der Waals surface area contributed by atoms with Crippen molar-refractivity contribution in [2.75, 3.05) is 33.2 Å². The molecule has 0 aromatic rings. The first-order valence-corrected chi connectivity index (χ1v) is 8.92. The Labute approximate surface area is 126 Å². The first-order valence-electron chi connectivity index (χ1n) is 8.92. The van der Waals surface area contributed by atoms with E-state index in [1.807, 2.05) is 0 Å². The van der Waals surface area contributed by atoms with E-state index < -0.39 is 0 Å². The highest BCUT2D eigenvalue weighted by Gasteiger charge is 2.31. The summed E-state index contributed by atoms with van der Waals surface area (Å²) in [5.41, 5.74) is 0. The maximum Gasteiger partial charge on any atom is 0.0223 e. The zero-order valence-electron chi connectivity index (χ0n) is 13.9. The Hall–Kier alpha value is -0.120. The van der Waals surface area contributed by atoms with Crippen molar-refractivity contribution in [3.63, 3.8) is 0 Å². The average molecular weight is 281 g/mol. The van der Waals surface area contributed by atoms with Gasteiger partial charge in [-0.25, -0.2) is 0 Å². The van der Waals surface area contributed by atoms with Crippen molar-refractivity contribution in [3.8, 4) is 0 Å². The summed E-state index contributed by atoms with van der Waals surface area (Å²) in [6.45, 7) is 9.69. The number of nitrogens with one attached hydrogen (secondary N) is 1. The van der Waals surface area contributed by atoms with Crippen LogP contribution in [0.15, 0.2) is 0 Å². The van der Waals surface area contributed by atoms with Crippen LogP contribution in [0.2, 0.25) is 0 Å². The number of hydrogen-bond donors (Lipinski definition) is 1. The summed E-state index contributed by atoms with van der Waals surface area (Å²) < 4.78 is 0. The van der Waals surface area contributed by atoms with Crippen LogP contribution in [0.5, 0.6) is 0 Å². The molecular weight excluding hydrogens is 246 g/mol. The molecule has 118 valence electrons. The Balaban J connectivity index is 1.84. The van der Waals surface area contributed by atoms with E-state index >= 15 is 0 Å². The molecule has 3 heteroatoms. The predicted molar refractivity (Wildman–Crippen MR) is 87.2 cm³/mol. The summed E-state index contributed by atoms with van der Waals surface area (Å²) in [6.07, 6.45) is 9.49. The van der Waals surface area contributed by atoms with Crippen molar-refractivity contribution in [2.45, 2.75) is 76.9 Å². The van der Waals surface area contributed by atoms with Crippen LogP contribution >= 0.6 is 0 Å². The summed E-state index contributed by atoms with van der Waals surface area (Å²) in [5, 5.41) is 3.71. The van der Waals surface area contributed by atoms with E-state index in [0.717, 1.165) is 18.1 Å². The Morgan fingerprint density at radius 3 is 2.45 bits per heavy atom. The molecule has 0 spiro atoms. The summed E-state index contributed by atoms with van der Waals surface area (Å²) in [7, 11) is 2.29. The quantitative estimate of drug-likeness (QED) is 0.836. The molecule has 1 N–H and O–H groups in total. The molecule has 2 fully saturated rings. The summed E-state index contributed by atoms with van der Waals surface area (Å²) in [4.78, 5) is 5.39. The number of nitrogens with zero attached hydrogens (tertiary/aromatic N) is 2. The molecule has 2 rings (SSSR count). The van der Waals surface area contributed by atoms with Gasteiger partial charge in [-0.05, 0) is 71.6 Å². The third-order valence-electron chi connectivity index (χ3n) is 5.27. The van der Waals surface area contributed by atoms with E-state index in [1.54, 1.807) is 0 Å². The van der Waals surface area contributed by atoms with Gasteiger partial charge in [-0.2, -0.15) is 0 Å². The second-order valence-electron chi connectivity index (χ2n) is 6.88. The standard InChI is InChI=1S/C17H35N3/c1-4-11-18-15-7-9-17(10-8-15)20-13-6-12-19(3)14-16(20)5-2/h15-18H,4-14H2,1-3H3. The Morgan fingerprint density at radius 1 is 1.05 bits per heavy atom. The molecule has 1 saturated heterocycles. The Bertz CT molecular complexity index is 261. The van der Waals surface area contributed by atoms with Crippen LogP contribution < -0.4 is 5.32 Å². The summed E-state index contributed by atoms with van der Waals surface area (Å²) in [6, 6.07) is 2.43. The lowest BCUT2D eigenvalue weighted by atomic mass is 9.89. The Morgan fingerprint density at radius 2 is 1.80 bits per heavy atom. The van der Waals surface area contributed by atoms with E-state index in [2.05, 4.69) is 36.0 Å². The van der Waals surface area contributed by atoms with Crippen molar-refractivity contribution < 1.29 is 0 Å². The van der Waals surface area contributed by atoms with Crippen LogP contribution in [0.4, 0.5) is 0 Å². The van der Waals surface area contributed by atoms with Crippen molar-refractivity contribution >= 4 is 0 Å². The smallest absolute Gasteiger partial charge is 0.0223 e. The van der Waals surface area contributed by atoms with Gasteiger partial charge in [-0.3, -0.25) is 4.90 Å². The lowest BCUT2D eigenvalue weighted by Gasteiger charge is -2.41. The van der Waals surface area contributed by atoms with Gasteiger partial charge in [0.25, 0.3) is 0 Å².